The molecule has 0 saturated carbocycles. The molecule has 0 bridgehead atoms. The fraction of sp³-hybridized carbons (Fsp3) is 0.417. The molecule has 1 aromatic rings. The number of benzene rings is 1. The van der Waals surface area contributed by atoms with E-state index in [0.29, 0.717) is 12.8 Å². The number of carboxylic acid groups (broad SMARTS) is 1. The maximum atomic E-state index is 11.9. The molecule has 1 atom stereocenters. The number of aryl methyl sites for hydroxylation is 1. The van der Waals surface area contributed by atoms with E-state index in [-0.39, 0.29) is 13.1 Å². The molecule has 0 amide bonds. The normalized spacial score (nSPS) is 12.4. The van der Waals surface area contributed by atoms with Crippen LogP contribution in [-0.4, -0.2) is 17.8 Å². The molecule has 0 aliphatic rings. The second kappa shape index (κ2) is 6.23. The summed E-state index contributed by atoms with van der Waals surface area (Å²) in [5.41, 5.74) is 7.55. The summed E-state index contributed by atoms with van der Waals surface area (Å²) in [7, 11) is 0. The average molecular weight is 225 g/mol. The molecule has 1 aromatic carbocycles. The van der Waals surface area contributed by atoms with Gasteiger partial charge < -0.3 is 10.8 Å². The highest BCUT2D eigenvalue weighted by atomic mass is 19.1. The molecule has 1 unspecified atom stereocenters. The second-order valence-corrected chi connectivity index (χ2v) is 3.74. The number of nitrogens with two attached hydrogens (primary N) is 1. The van der Waals surface area contributed by atoms with Gasteiger partial charge in [0.1, 0.15) is 0 Å². The zero-order chi connectivity index (χ0) is 12.0. The molecule has 3 N–H and O–H groups in total. The molecule has 0 fully saturated rings. The SMILES string of the molecule is NC(CC(=O)O)c1ccc(CCCF)cc1. The smallest absolute Gasteiger partial charge is 0.305 e. The standard InChI is InChI=1S/C12H16FNO2/c13-7-1-2-9-3-5-10(6-4-9)11(14)8-12(15)16/h3-6,11H,1-2,7-8,14H2,(H,15,16). The number of hydrogen-bond acceptors (Lipinski definition) is 2. The number of carboxylic acids is 1. The van der Waals surface area contributed by atoms with Gasteiger partial charge in [0.15, 0.2) is 0 Å². The Morgan fingerprint density at radius 2 is 2.00 bits per heavy atom. The molecule has 0 radical (unpaired) electrons. The van der Waals surface area contributed by atoms with E-state index in [0.717, 1.165) is 11.1 Å². The summed E-state index contributed by atoms with van der Waals surface area (Å²) in [5.74, 6) is -0.908. The Morgan fingerprint density at radius 3 is 2.50 bits per heavy atom. The number of alkyl halides is 1. The van der Waals surface area contributed by atoms with Crippen LogP contribution in [0.25, 0.3) is 0 Å². The predicted octanol–water partition coefficient (Wildman–Crippen LogP) is 2.06. The van der Waals surface area contributed by atoms with Gasteiger partial charge in [-0.2, -0.15) is 0 Å². The lowest BCUT2D eigenvalue weighted by molar-refractivity contribution is -0.137. The van der Waals surface area contributed by atoms with Gasteiger partial charge in [-0.15, -0.1) is 0 Å². The van der Waals surface area contributed by atoms with Crippen molar-refractivity contribution in [2.75, 3.05) is 6.67 Å². The monoisotopic (exact) mass is 225 g/mol. The highest BCUT2D eigenvalue weighted by Crippen LogP contribution is 2.15. The lowest BCUT2D eigenvalue weighted by atomic mass is 10.0. The lowest BCUT2D eigenvalue weighted by Crippen LogP contribution is -2.14. The van der Waals surface area contributed by atoms with Crippen LogP contribution in [0.2, 0.25) is 0 Å². The molecule has 1 rings (SSSR count). The van der Waals surface area contributed by atoms with Crippen molar-refractivity contribution < 1.29 is 14.3 Å². The Labute approximate surface area is 94.1 Å². The van der Waals surface area contributed by atoms with Crippen molar-refractivity contribution in [3.05, 3.63) is 35.4 Å². The zero-order valence-electron chi connectivity index (χ0n) is 9.03. The maximum absolute atomic E-state index is 11.9. The van der Waals surface area contributed by atoms with E-state index < -0.39 is 12.0 Å². The molecule has 88 valence electrons. The third-order valence-electron chi connectivity index (χ3n) is 2.40. The van der Waals surface area contributed by atoms with Crippen molar-refractivity contribution in [1.82, 2.24) is 0 Å². The molecule has 16 heavy (non-hydrogen) atoms. The van der Waals surface area contributed by atoms with Crippen LogP contribution in [0, 0.1) is 0 Å². The second-order valence-electron chi connectivity index (χ2n) is 3.74. The Balaban J connectivity index is 2.59. The average Bonchev–Trinajstić information content (AvgIpc) is 2.26. The first-order valence-electron chi connectivity index (χ1n) is 5.25. The van der Waals surface area contributed by atoms with Gasteiger partial charge in [0.05, 0.1) is 13.1 Å². The first-order valence-corrected chi connectivity index (χ1v) is 5.25. The van der Waals surface area contributed by atoms with E-state index in [1.165, 1.54) is 0 Å². The van der Waals surface area contributed by atoms with E-state index in [1.807, 2.05) is 12.1 Å². The quantitative estimate of drug-likeness (QED) is 0.779. The number of aliphatic carboxylic acids is 1. The zero-order valence-corrected chi connectivity index (χ0v) is 9.03. The van der Waals surface area contributed by atoms with Crippen molar-refractivity contribution in [1.29, 1.82) is 0 Å². The van der Waals surface area contributed by atoms with Gasteiger partial charge in [0.25, 0.3) is 0 Å². The third kappa shape index (κ3) is 3.98. The molecule has 0 spiro atoms. The van der Waals surface area contributed by atoms with E-state index >= 15 is 0 Å². The maximum Gasteiger partial charge on any atom is 0.305 e. The molecule has 0 aliphatic carbocycles. The minimum atomic E-state index is -0.908. The van der Waals surface area contributed by atoms with Crippen LogP contribution < -0.4 is 5.73 Å². The van der Waals surface area contributed by atoms with Gasteiger partial charge in [-0.3, -0.25) is 9.18 Å². The van der Waals surface area contributed by atoms with Crippen LogP contribution in [-0.2, 0) is 11.2 Å². The molecule has 0 aromatic heterocycles. The summed E-state index contributed by atoms with van der Waals surface area (Å²) in [4.78, 5) is 10.5. The van der Waals surface area contributed by atoms with Crippen LogP contribution in [0.3, 0.4) is 0 Å². The number of carbonyl (C=O) groups is 1. The molecule has 4 heteroatoms. The van der Waals surface area contributed by atoms with E-state index in [4.69, 9.17) is 10.8 Å². The van der Waals surface area contributed by atoms with E-state index in [2.05, 4.69) is 0 Å². The number of rotatable bonds is 6. The lowest BCUT2D eigenvalue weighted by Gasteiger charge is -2.09. The van der Waals surface area contributed by atoms with E-state index in [1.54, 1.807) is 12.1 Å². The molecular formula is C12H16FNO2. The molecule has 0 aliphatic heterocycles. The van der Waals surface area contributed by atoms with Crippen LogP contribution in [0.4, 0.5) is 4.39 Å². The highest BCUT2D eigenvalue weighted by Gasteiger charge is 2.09. The van der Waals surface area contributed by atoms with Crippen LogP contribution in [0.1, 0.15) is 30.0 Å². The van der Waals surface area contributed by atoms with Gasteiger partial charge in [0.2, 0.25) is 0 Å². The van der Waals surface area contributed by atoms with Gasteiger partial charge >= 0.3 is 5.97 Å². The summed E-state index contributed by atoms with van der Waals surface area (Å²) in [6.45, 7) is -0.319. The van der Waals surface area contributed by atoms with Gasteiger partial charge in [-0.05, 0) is 24.0 Å². The summed E-state index contributed by atoms with van der Waals surface area (Å²) in [5, 5.41) is 8.59. The first kappa shape index (κ1) is 12.6. The summed E-state index contributed by atoms with van der Waals surface area (Å²) >= 11 is 0. The predicted molar refractivity (Wildman–Crippen MR) is 59.9 cm³/mol. The summed E-state index contributed by atoms with van der Waals surface area (Å²) in [6.07, 6.45) is 1.13. The van der Waals surface area contributed by atoms with Crippen molar-refractivity contribution in [3.63, 3.8) is 0 Å². The molecule has 0 heterocycles. The Hall–Kier alpha value is -1.42. The fourth-order valence-electron chi connectivity index (χ4n) is 1.51. The largest absolute Gasteiger partial charge is 0.481 e. The highest BCUT2D eigenvalue weighted by molar-refractivity contribution is 5.67. The van der Waals surface area contributed by atoms with Crippen molar-refractivity contribution in [3.8, 4) is 0 Å². The van der Waals surface area contributed by atoms with Gasteiger partial charge in [-0.1, -0.05) is 24.3 Å². The summed E-state index contributed by atoms with van der Waals surface area (Å²) in [6, 6.07) is 6.87. The minimum absolute atomic E-state index is 0.0795. The van der Waals surface area contributed by atoms with Crippen molar-refractivity contribution in [2.24, 2.45) is 5.73 Å². The number of halogens is 1. The minimum Gasteiger partial charge on any atom is -0.481 e. The van der Waals surface area contributed by atoms with Crippen LogP contribution in [0.5, 0.6) is 0 Å². The first-order chi connectivity index (χ1) is 7.63. The topological polar surface area (TPSA) is 63.3 Å². The van der Waals surface area contributed by atoms with E-state index in [9.17, 15) is 9.18 Å². The van der Waals surface area contributed by atoms with Crippen LogP contribution in [0.15, 0.2) is 24.3 Å². The molecule has 3 nitrogen and oxygen atoms in total. The summed E-state index contributed by atoms with van der Waals surface area (Å²) < 4.78 is 11.9. The Bertz CT molecular complexity index is 337. The fourth-order valence-corrected chi connectivity index (χ4v) is 1.51. The van der Waals surface area contributed by atoms with Crippen molar-refractivity contribution >= 4 is 5.97 Å². The van der Waals surface area contributed by atoms with Gasteiger partial charge in [0, 0.05) is 6.04 Å². The Kier molecular flexibility index (Phi) is 4.92. The number of hydrogen-bond donors (Lipinski definition) is 2. The van der Waals surface area contributed by atoms with Crippen molar-refractivity contribution in [2.45, 2.75) is 25.3 Å². The Morgan fingerprint density at radius 1 is 1.38 bits per heavy atom. The third-order valence-corrected chi connectivity index (χ3v) is 2.40. The van der Waals surface area contributed by atoms with Gasteiger partial charge in [-0.25, -0.2) is 0 Å². The molecule has 0 saturated heterocycles. The van der Waals surface area contributed by atoms with Crippen LogP contribution >= 0.6 is 0 Å². The molecular weight excluding hydrogens is 209 g/mol.